The first-order valence-electron chi connectivity index (χ1n) is 23.0. The van der Waals surface area contributed by atoms with Crippen molar-refractivity contribution in [3.8, 4) is 23.0 Å². The molecule has 0 radical (unpaired) electrons. The summed E-state index contributed by atoms with van der Waals surface area (Å²) in [5.74, 6) is -1.50. The Hall–Kier alpha value is -8.54. The first kappa shape index (κ1) is 47.5. The zero-order valence-electron chi connectivity index (χ0n) is 39.6. The molecular weight excluding hydrogens is 911 g/mol. The molecule has 0 saturated heterocycles. The van der Waals surface area contributed by atoms with E-state index in [1.54, 1.807) is 64.7 Å². The number of hydrogen-bond acceptors (Lipinski definition) is 13. The van der Waals surface area contributed by atoms with Gasteiger partial charge in [0.15, 0.2) is 23.0 Å². The number of fused-ring (bicyclic) bond motifs is 8. The fourth-order valence-corrected chi connectivity index (χ4v) is 9.05. The quantitative estimate of drug-likeness (QED) is 0.101. The van der Waals surface area contributed by atoms with Gasteiger partial charge in [-0.25, -0.2) is 0 Å². The monoisotopic (exact) mass is 961 g/mol. The van der Waals surface area contributed by atoms with E-state index in [9.17, 15) is 28.8 Å². The molecule has 71 heavy (non-hydrogen) atoms. The maximum Gasteiger partial charge on any atom is 0.307 e. The van der Waals surface area contributed by atoms with E-state index in [1.165, 1.54) is 35.2 Å². The molecule has 0 aromatic heterocycles. The fourth-order valence-electron chi connectivity index (χ4n) is 9.05. The van der Waals surface area contributed by atoms with Crippen LogP contribution in [-0.4, -0.2) is 100.0 Å². The summed E-state index contributed by atoms with van der Waals surface area (Å²) in [5, 5.41) is 7.86. The summed E-state index contributed by atoms with van der Waals surface area (Å²) >= 11 is 0. The van der Waals surface area contributed by atoms with Gasteiger partial charge in [0.05, 0.1) is 62.3 Å². The van der Waals surface area contributed by atoms with Crippen LogP contribution >= 0.6 is 0 Å². The highest BCUT2D eigenvalue weighted by molar-refractivity contribution is 6.16. The van der Waals surface area contributed by atoms with Crippen LogP contribution in [0.1, 0.15) is 73.6 Å². The number of anilines is 2. The number of nitrogens with one attached hydrogen (secondary N) is 3. The summed E-state index contributed by atoms with van der Waals surface area (Å²) in [6, 6.07) is 24.5. The highest BCUT2D eigenvalue weighted by atomic mass is 16.5. The van der Waals surface area contributed by atoms with E-state index in [1.807, 2.05) is 48.5 Å². The van der Waals surface area contributed by atoms with Crippen LogP contribution in [0.2, 0.25) is 0 Å². The second kappa shape index (κ2) is 20.2. The number of aliphatic imine (C=N–C) groups is 2. The van der Waals surface area contributed by atoms with Crippen molar-refractivity contribution in [1.29, 1.82) is 0 Å². The second-order valence-corrected chi connectivity index (χ2v) is 17.4. The summed E-state index contributed by atoms with van der Waals surface area (Å²) in [4.78, 5) is 92.3. The van der Waals surface area contributed by atoms with Crippen molar-refractivity contribution in [2.45, 2.75) is 70.5 Å². The zero-order chi connectivity index (χ0) is 49.9. The third-order valence-corrected chi connectivity index (χ3v) is 12.7. The molecule has 0 saturated carbocycles. The molecule has 4 aliphatic heterocycles. The molecule has 18 heteroatoms. The van der Waals surface area contributed by atoms with Crippen molar-refractivity contribution >= 4 is 70.7 Å². The van der Waals surface area contributed by atoms with Gasteiger partial charge in [-0.15, -0.1) is 0 Å². The van der Waals surface area contributed by atoms with Gasteiger partial charge in [0.1, 0.15) is 25.3 Å². The summed E-state index contributed by atoms with van der Waals surface area (Å²) in [6.45, 7) is 2.82. The van der Waals surface area contributed by atoms with E-state index < -0.39 is 35.8 Å². The van der Waals surface area contributed by atoms with Crippen LogP contribution in [0.25, 0.3) is 0 Å². The number of nitrogens with zero attached hydrogens (tertiary/aromatic N) is 4. The van der Waals surface area contributed by atoms with Crippen LogP contribution in [-0.2, 0) is 45.2 Å². The number of ether oxygens (including phenoxy) is 5. The van der Waals surface area contributed by atoms with E-state index in [0.717, 1.165) is 22.5 Å². The fraction of sp³-hybridized carbons (Fsp3) is 0.283. The van der Waals surface area contributed by atoms with Crippen LogP contribution in [0, 0.1) is 0 Å². The van der Waals surface area contributed by atoms with Crippen LogP contribution in [0.4, 0.5) is 22.7 Å². The van der Waals surface area contributed by atoms with Crippen molar-refractivity contribution in [3.05, 3.63) is 130 Å². The lowest BCUT2D eigenvalue weighted by molar-refractivity contribution is -0.140. The minimum Gasteiger partial charge on any atom is -0.493 e. The van der Waals surface area contributed by atoms with Crippen molar-refractivity contribution in [1.82, 2.24) is 16.0 Å². The maximum absolute atomic E-state index is 14.0. The van der Waals surface area contributed by atoms with Gasteiger partial charge in [0.25, 0.3) is 17.7 Å². The Labute approximate surface area is 409 Å². The Kier molecular flexibility index (Phi) is 13.5. The van der Waals surface area contributed by atoms with Gasteiger partial charge in [-0.3, -0.25) is 48.6 Å². The van der Waals surface area contributed by atoms with Gasteiger partial charge < -0.3 is 39.6 Å². The lowest BCUT2D eigenvalue weighted by Gasteiger charge is -2.22. The van der Waals surface area contributed by atoms with Gasteiger partial charge in [0.2, 0.25) is 11.8 Å². The standard InChI is InChI=1S/C53H51N7O11/c1-29(49(62)54-15-14-48(61)69-5)57-50(63)30(2)58-51(64)35-17-31(27-70-46-23-40-38(21-44(46)67-3)52(65)59-36(25-55-40)19-33-10-6-8-12-42(33)59)16-32(18-35)28-71-47-24-41-39(22-45(47)68-4)53(66)60-37(26-56-41)20-34-11-7-9-13-43(34)60/h6-13,16-18,21-26,29-30,36-37H,14-15,19-20,27-28H2,1-5H3,(H,54,62)(H,57,63)(H,58,64)/t29-,30-,36-,37-/m0/s1. The molecule has 0 bridgehead atoms. The number of carbonyl (C=O) groups excluding carboxylic acids is 6. The average Bonchev–Trinajstić information content (AvgIpc) is 3.87. The van der Waals surface area contributed by atoms with E-state index in [-0.39, 0.29) is 55.6 Å². The van der Waals surface area contributed by atoms with Crippen molar-refractivity contribution in [3.63, 3.8) is 0 Å². The van der Waals surface area contributed by atoms with Gasteiger partial charge in [-0.2, -0.15) is 0 Å². The lowest BCUT2D eigenvalue weighted by atomic mass is 10.0. The number of methoxy groups -OCH3 is 3. The molecule has 4 aliphatic rings. The molecule has 364 valence electrons. The number of para-hydroxylation sites is 2. The average molecular weight is 962 g/mol. The smallest absolute Gasteiger partial charge is 0.307 e. The van der Waals surface area contributed by atoms with Crippen molar-refractivity contribution < 1.29 is 52.5 Å². The molecule has 0 unspecified atom stereocenters. The minimum absolute atomic E-state index is 0.0209. The van der Waals surface area contributed by atoms with E-state index >= 15 is 0 Å². The third kappa shape index (κ3) is 9.73. The molecule has 18 nitrogen and oxygen atoms in total. The third-order valence-electron chi connectivity index (χ3n) is 12.7. The van der Waals surface area contributed by atoms with Gasteiger partial charge in [0, 0.05) is 60.9 Å². The number of carbonyl (C=O) groups is 6. The summed E-state index contributed by atoms with van der Waals surface area (Å²) in [6.07, 6.45) is 4.77. The number of amides is 5. The topological polar surface area (TPSA) is 216 Å². The van der Waals surface area contributed by atoms with Crippen LogP contribution in [0.15, 0.2) is 101 Å². The molecule has 0 fully saturated rings. The first-order chi connectivity index (χ1) is 34.3. The minimum atomic E-state index is -1.08. The predicted octanol–water partition coefficient (Wildman–Crippen LogP) is 5.74. The number of esters is 1. The summed E-state index contributed by atoms with van der Waals surface area (Å²) in [5.41, 5.74) is 6.53. The lowest BCUT2D eigenvalue weighted by Crippen LogP contribution is -2.51. The highest BCUT2D eigenvalue weighted by Gasteiger charge is 2.38. The molecule has 5 aromatic rings. The summed E-state index contributed by atoms with van der Waals surface area (Å²) in [7, 11) is 4.20. The molecule has 4 atom stereocenters. The Morgan fingerprint density at radius 3 is 1.62 bits per heavy atom. The molecule has 5 amide bonds. The van der Waals surface area contributed by atoms with Crippen LogP contribution < -0.4 is 44.7 Å². The zero-order valence-corrected chi connectivity index (χ0v) is 39.6. The van der Waals surface area contributed by atoms with Gasteiger partial charge >= 0.3 is 5.97 Å². The van der Waals surface area contributed by atoms with Crippen molar-refractivity contribution in [2.24, 2.45) is 9.98 Å². The molecule has 4 heterocycles. The predicted molar refractivity (Wildman–Crippen MR) is 263 cm³/mol. The van der Waals surface area contributed by atoms with Gasteiger partial charge in [-0.05, 0) is 78.6 Å². The molecule has 5 aromatic carbocycles. The SMILES string of the molecule is COC(=O)CCNC(=O)[C@H](C)NC(=O)[C@H](C)NC(=O)c1cc(COc2cc3c(cc2OC)C(=O)N2c4ccccc4C[C@H]2C=N3)cc(COc2cc3c(cc2OC)C(=O)N2c4ccccc4C[C@H]2C=N3)c1. The highest BCUT2D eigenvalue weighted by Crippen LogP contribution is 2.43. The Morgan fingerprint density at radius 1 is 0.634 bits per heavy atom. The molecule has 9 rings (SSSR count). The van der Waals surface area contributed by atoms with Crippen molar-refractivity contribution in [2.75, 3.05) is 37.7 Å². The molecule has 3 N–H and O–H groups in total. The summed E-state index contributed by atoms with van der Waals surface area (Å²) < 4.78 is 28.8. The van der Waals surface area contributed by atoms with E-state index in [0.29, 0.717) is 69.5 Å². The largest absolute Gasteiger partial charge is 0.493 e. The Morgan fingerprint density at radius 2 is 1.13 bits per heavy atom. The first-order valence-corrected chi connectivity index (χ1v) is 23.0. The second-order valence-electron chi connectivity index (χ2n) is 17.4. The molecule has 0 aliphatic carbocycles. The molecular formula is C53H51N7O11. The van der Waals surface area contributed by atoms with E-state index in [2.05, 4.69) is 20.7 Å². The number of benzene rings is 5. The van der Waals surface area contributed by atoms with Gasteiger partial charge in [-0.1, -0.05) is 36.4 Å². The van der Waals surface area contributed by atoms with Crippen LogP contribution in [0.3, 0.4) is 0 Å². The normalized spacial score (nSPS) is 16.6. The Balaban J connectivity index is 0.959. The number of rotatable bonds is 16. The van der Waals surface area contributed by atoms with Crippen LogP contribution in [0.5, 0.6) is 23.0 Å². The number of hydrogen-bond donors (Lipinski definition) is 3. The maximum atomic E-state index is 14.0. The Bertz CT molecular complexity index is 2880. The molecule has 0 spiro atoms. The van der Waals surface area contributed by atoms with E-state index in [4.69, 9.17) is 28.9 Å².